The predicted octanol–water partition coefficient (Wildman–Crippen LogP) is 2.64. The highest BCUT2D eigenvalue weighted by atomic mass is 19.1. The first-order chi connectivity index (χ1) is 9.65. The van der Waals surface area contributed by atoms with Crippen molar-refractivity contribution in [2.75, 3.05) is 6.54 Å². The number of benzene rings is 1. The van der Waals surface area contributed by atoms with Gasteiger partial charge in [-0.05, 0) is 26.5 Å². The van der Waals surface area contributed by atoms with Gasteiger partial charge in [-0.2, -0.15) is 5.10 Å². The molecule has 1 atom stereocenters. The van der Waals surface area contributed by atoms with Crippen LogP contribution in [0.25, 0.3) is 0 Å². The summed E-state index contributed by atoms with van der Waals surface area (Å²) in [4.78, 5) is 4.28. The number of nitrogens with zero attached hydrogens (tertiary/aromatic N) is 3. The second-order valence-corrected chi connectivity index (χ2v) is 4.83. The van der Waals surface area contributed by atoms with Gasteiger partial charge in [0, 0.05) is 24.6 Å². The number of likely N-dealkylation sites (N-methyl/N-ethyl adjacent to an activating group) is 1. The summed E-state index contributed by atoms with van der Waals surface area (Å²) in [6.45, 7) is 7.56. The molecule has 1 aromatic heterocycles. The van der Waals surface area contributed by atoms with Crippen LogP contribution in [-0.2, 0) is 13.0 Å². The van der Waals surface area contributed by atoms with Crippen LogP contribution in [0.15, 0.2) is 24.5 Å². The molecule has 5 heteroatoms. The number of nitrogens with one attached hydrogen (secondary N) is 1. The smallest absolute Gasteiger partial charge is 0.138 e. The largest absolute Gasteiger partial charge is 0.310 e. The monoisotopic (exact) mass is 276 g/mol. The molecule has 0 spiro atoms. The van der Waals surface area contributed by atoms with Crippen molar-refractivity contribution in [2.24, 2.45) is 0 Å². The van der Waals surface area contributed by atoms with E-state index in [1.165, 1.54) is 6.07 Å². The summed E-state index contributed by atoms with van der Waals surface area (Å²) in [5.41, 5.74) is 1.75. The zero-order valence-electron chi connectivity index (χ0n) is 12.2. The maximum absolute atomic E-state index is 14.1. The molecule has 1 heterocycles. The van der Waals surface area contributed by atoms with Gasteiger partial charge in [-0.15, -0.1) is 0 Å². The first kappa shape index (κ1) is 14.7. The summed E-state index contributed by atoms with van der Waals surface area (Å²) >= 11 is 0. The van der Waals surface area contributed by atoms with E-state index in [2.05, 4.69) is 15.4 Å². The van der Waals surface area contributed by atoms with Crippen LogP contribution in [0.4, 0.5) is 4.39 Å². The van der Waals surface area contributed by atoms with Crippen molar-refractivity contribution >= 4 is 0 Å². The van der Waals surface area contributed by atoms with Crippen molar-refractivity contribution in [1.82, 2.24) is 20.1 Å². The Morgan fingerprint density at radius 1 is 1.35 bits per heavy atom. The maximum atomic E-state index is 14.1. The van der Waals surface area contributed by atoms with E-state index in [1.807, 2.05) is 31.5 Å². The Balaban J connectivity index is 2.29. The van der Waals surface area contributed by atoms with Crippen molar-refractivity contribution in [1.29, 1.82) is 0 Å². The molecular weight excluding hydrogens is 255 g/mol. The molecule has 0 radical (unpaired) electrons. The Morgan fingerprint density at radius 3 is 2.85 bits per heavy atom. The summed E-state index contributed by atoms with van der Waals surface area (Å²) in [7, 11) is 0. The third-order valence-electron chi connectivity index (χ3n) is 3.36. The average Bonchev–Trinajstić information content (AvgIpc) is 2.88. The van der Waals surface area contributed by atoms with Crippen molar-refractivity contribution in [3.8, 4) is 0 Å². The van der Waals surface area contributed by atoms with Crippen LogP contribution in [0.1, 0.15) is 36.8 Å². The van der Waals surface area contributed by atoms with Gasteiger partial charge in [-0.1, -0.05) is 24.6 Å². The molecule has 0 bridgehead atoms. The lowest BCUT2D eigenvalue weighted by Crippen LogP contribution is -2.25. The Bertz CT molecular complexity index is 565. The van der Waals surface area contributed by atoms with Crippen LogP contribution in [-0.4, -0.2) is 21.3 Å². The fraction of sp³-hybridized carbons (Fsp3) is 0.467. The molecule has 108 valence electrons. The molecule has 0 fully saturated rings. The number of aromatic nitrogens is 3. The fourth-order valence-electron chi connectivity index (χ4n) is 2.36. The van der Waals surface area contributed by atoms with Crippen LogP contribution in [0.5, 0.6) is 0 Å². The number of hydrogen-bond acceptors (Lipinski definition) is 3. The van der Waals surface area contributed by atoms with Gasteiger partial charge in [0.05, 0.1) is 0 Å². The van der Waals surface area contributed by atoms with Gasteiger partial charge in [0.15, 0.2) is 0 Å². The van der Waals surface area contributed by atoms with Crippen LogP contribution < -0.4 is 5.32 Å². The molecule has 4 nitrogen and oxygen atoms in total. The summed E-state index contributed by atoms with van der Waals surface area (Å²) in [6.07, 6.45) is 2.18. The average molecular weight is 276 g/mol. The van der Waals surface area contributed by atoms with Crippen molar-refractivity contribution in [2.45, 2.75) is 39.8 Å². The van der Waals surface area contributed by atoms with Gasteiger partial charge in [0.25, 0.3) is 0 Å². The molecule has 1 unspecified atom stereocenters. The predicted molar refractivity (Wildman–Crippen MR) is 77.0 cm³/mol. The summed E-state index contributed by atoms with van der Waals surface area (Å²) in [5, 5.41) is 7.50. The fourth-order valence-corrected chi connectivity index (χ4v) is 2.36. The topological polar surface area (TPSA) is 42.7 Å². The SMILES string of the molecule is CCNC(Cc1ncnn1CC)c1cc(C)ccc1F. The van der Waals surface area contributed by atoms with E-state index in [0.29, 0.717) is 12.0 Å². The van der Waals surface area contributed by atoms with Crippen LogP contribution in [0.3, 0.4) is 0 Å². The first-order valence-electron chi connectivity index (χ1n) is 7.01. The van der Waals surface area contributed by atoms with Crippen LogP contribution in [0, 0.1) is 12.7 Å². The van der Waals surface area contributed by atoms with E-state index >= 15 is 0 Å². The minimum Gasteiger partial charge on any atom is -0.310 e. The second-order valence-electron chi connectivity index (χ2n) is 4.83. The number of hydrogen-bond donors (Lipinski definition) is 1. The molecule has 0 aliphatic heterocycles. The number of halogens is 1. The van der Waals surface area contributed by atoms with Crippen LogP contribution in [0.2, 0.25) is 0 Å². The molecule has 0 amide bonds. The summed E-state index contributed by atoms with van der Waals surface area (Å²) in [5.74, 6) is 0.698. The van der Waals surface area contributed by atoms with Gasteiger partial charge in [0.2, 0.25) is 0 Å². The Labute approximate surface area is 119 Å². The van der Waals surface area contributed by atoms with E-state index in [4.69, 9.17) is 0 Å². The lowest BCUT2D eigenvalue weighted by molar-refractivity contribution is 0.484. The first-order valence-corrected chi connectivity index (χ1v) is 7.01. The van der Waals surface area contributed by atoms with Gasteiger partial charge in [-0.3, -0.25) is 4.68 Å². The zero-order valence-corrected chi connectivity index (χ0v) is 12.2. The molecule has 1 aromatic carbocycles. The standard InChI is InChI=1S/C15H21FN4/c1-4-17-14(9-15-18-10-19-20(15)5-2)12-8-11(3)6-7-13(12)16/h6-8,10,14,17H,4-5,9H2,1-3H3. The number of aryl methyl sites for hydroxylation is 2. The van der Waals surface area contributed by atoms with Crippen LogP contribution >= 0.6 is 0 Å². The number of rotatable bonds is 6. The summed E-state index contributed by atoms with van der Waals surface area (Å²) < 4.78 is 15.9. The van der Waals surface area contributed by atoms with E-state index in [-0.39, 0.29) is 11.9 Å². The minimum atomic E-state index is -0.177. The van der Waals surface area contributed by atoms with Gasteiger partial charge >= 0.3 is 0 Å². The zero-order chi connectivity index (χ0) is 14.5. The van der Waals surface area contributed by atoms with Crippen molar-refractivity contribution < 1.29 is 4.39 Å². The molecule has 0 saturated heterocycles. The Hall–Kier alpha value is -1.75. The second kappa shape index (κ2) is 6.61. The highest BCUT2D eigenvalue weighted by Gasteiger charge is 2.18. The lowest BCUT2D eigenvalue weighted by atomic mass is 10.0. The molecule has 20 heavy (non-hydrogen) atoms. The molecule has 0 aliphatic rings. The molecule has 1 N–H and O–H groups in total. The summed E-state index contributed by atoms with van der Waals surface area (Å²) in [6, 6.07) is 5.13. The van der Waals surface area contributed by atoms with Crippen molar-refractivity contribution in [3.05, 3.63) is 47.3 Å². The van der Waals surface area contributed by atoms with Gasteiger partial charge in [-0.25, -0.2) is 9.37 Å². The van der Waals surface area contributed by atoms with E-state index in [9.17, 15) is 4.39 Å². The van der Waals surface area contributed by atoms with E-state index < -0.39 is 0 Å². The van der Waals surface area contributed by atoms with E-state index in [1.54, 1.807) is 12.4 Å². The minimum absolute atomic E-state index is 0.0885. The normalized spacial score (nSPS) is 12.6. The molecular formula is C15H21FN4. The van der Waals surface area contributed by atoms with Crippen molar-refractivity contribution in [3.63, 3.8) is 0 Å². The molecule has 0 aliphatic carbocycles. The Kier molecular flexibility index (Phi) is 4.84. The molecule has 0 saturated carbocycles. The quantitative estimate of drug-likeness (QED) is 0.882. The van der Waals surface area contributed by atoms with Gasteiger partial charge in [0.1, 0.15) is 18.0 Å². The third kappa shape index (κ3) is 3.22. The van der Waals surface area contributed by atoms with Gasteiger partial charge < -0.3 is 5.32 Å². The van der Waals surface area contributed by atoms with E-state index in [0.717, 1.165) is 24.5 Å². The molecule has 2 rings (SSSR count). The molecule has 2 aromatic rings. The highest BCUT2D eigenvalue weighted by Crippen LogP contribution is 2.22. The third-order valence-corrected chi connectivity index (χ3v) is 3.36. The Morgan fingerprint density at radius 2 is 2.15 bits per heavy atom. The lowest BCUT2D eigenvalue weighted by Gasteiger charge is -2.19. The maximum Gasteiger partial charge on any atom is 0.138 e. The highest BCUT2D eigenvalue weighted by molar-refractivity contribution is 5.27.